The van der Waals surface area contributed by atoms with Crippen molar-refractivity contribution in [1.82, 2.24) is 20.2 Å². The summed E-state index contributed by atoms with van der Waals surface area (Å²) in [7, 11) is 0. The van der Waals surface area contributed by atoms with E-state index < -0.39 is 0 Å². The molecule has 3 rings (SSSR count). The second-order valence-electron chi connectivity index (χ2n) is 7.25. The average molecular weight is 361 g/mol. The van der Waals surface area contributed by atoms with Gasteiger partial charge in [-0.15, -0.1) is 11.3 Å². The Labute approximate surface area is 153 Å². The van der Waals surface area contributed by atoms with Crippen molar-refractivity contribution in [2.24, 2.45) is 5.92 Å². The minimum atomic E-state index is 0.0181. The van der Waals surface area contributed by atoms with Crippen molar-refractivity contribution < 1.29 is 4.79 Å². The number of nitrogens with zero attached hydrogens (tertiary/aromatic N) is 3. The van der Waals surface area contributed by atoms with E-state index in [0.717, 1.165) is 57.6 Å². The molecule has 1 aliphatic rings. The predicted octanol–water partition coefficient (Wildman–Crippen LogP) is 3.47. The van der Waals surface area contributed by atoms with E-state index in [1.807, 2.05) is 20.8 Å². The fourth-order valence-electron chi connectivity index (χ4n) is 3.76. The van der Waals surface area contributed by atoms with Gasteiger partial charge in [0, 0.05) is 24.2 Å². The number of fused-ring (bicyclic) bond motifs is 1. The van der Waals surface area contributed by atoms with Crippen LogP contribution in [0.3, 0.4) is 0 Å². The summed E-state index contributed by atoms with van der Waals surface area (Å²) in [4.78, 5) is 25.7. The van der Waals surface area contributed by atoms with Gasteiger partial charge in [0.15, 0.2) is 0 Å². The number of thiophene rings is 1. The van der Waals surface area contributed by atoms with Gasteiger partial charge in [-0.3, -0.25) is 4.79 Å². The predicted molar refractivity (Wildman–Crippen MR) is 103 cm³/mol. The molecule has 5 nitrogen and oxygen atoms in total. The van der Waals surface area contributed by atoms with Crippen molar-refractivity contribution in [2.45, 2.75) is 47.0 Å². The normalized spacial score (nSPS) is 18.6. The van der Waals surface area contributed by atoms with Crippen LogP contribution in [0.15, 0.2) is 0 Å². The van der Waals surface area contributed by atoms with Crippen molar-refractivity contribution in [3.8, 4) is 0 Å². The van der Waals surface area contributed by atoms with Gasteiger partial charge in [-0.2, -0.15) is 0 Å². The van der Waals surface area contributed by atoms with Crippen LogP contribution in [0.25, 0.3) is 10.2 Å². The number of nitrogens with one attached hydrogen (secondary N) is 1. The largest absolute Gasteiger partial charge is 0.351 e. The van der Waals surface area contributed by atoms with E-state index in [1.165, 1.54) is 37.3 Å². The first-order chi connectivity index (χ1) is 12.0. The lowest BCUT2D eigenvalue weighted by molar-refractivity contribution is 0.0953. The van der Waals surface area contributed by atoms with Gasteiger partial charge in [-0.05, 0) is 64.6 Å². The Kier molecular flexibility index (Phi) is 5.69. The van der Waals surface area contributed by atoms with Gasteiger partial charge in [0.1, 0.15) is 10.7 Å². The van der Waals surface area contributed by atoms with E-state index in [2.05, 4.69) is 27.1 Å². The first-order valence-corrected chi connectivity index (χ1v) is 10.0. The standard InChI is InChI=1S/C19H28N4OS/c1-12-7-5-9-23(11-12)10-6-8-20-18(24)17-13(2)16-14(3)21-15(4)22-19(16)25-17/h12H,5-11H2,1-4H3,(H,20,24). The van der Waals surface area contributed by atoms with Crippen molar-refractivity contribution in [1.29, 1.82) is 0 Å². The molecule has 6 heteroatoms. The quantitative estimate of drug-likeness (QED) is 0.830. The zero-order chi connectivity index (χ0) is 18.0. The summed E-state index contributed by atoms with van der Waals surface area (Å²) in [6.07, 6.45) is 3.65. The second-order valence-corrected chi connectivity index (χ2v) is 8.25. The van der Waals surface area contributed by atoms with E-state index in [9.17, 15) is 4.79 Å². The molecule has 0 spiro atoms. The van der Waals surface area contributed by atoms with Gasteiger partial charge in [-0.25, -0.2) is 9.97 Å². The van der Waals surface area contributed by atoms with E-state index >= 15 is 0 Å². The number of carbonyl (C=O) groups is 1. The number of hydrogen-bond donors (Lipinski definition) is 1. The molecule has 0 saturated carbocycles. The molecule has 136 valence electrons. The number of aryl methyl sites for hydroxylation is 3. The number of carbonyl (C=O) groups excluding carboxylic acids is 1. The molecule has 0 bridgehead atoms. The molecule has 25 heavy (non-hydrogen) atoms. The van der Waals surface area contributed by atoms with Crippen molar-refractivity contribution >= 4 is 27.5 Å². The number of hydrogen-bond acceptors (Lipinski definition) is 5. The summed E-state index contributed by atoms with van der Waals surface area (Å²) >= 11 is 1.47. The van der Waals surface area contributed by atoms with Crippen LogP contribution in [-0.2, 0) is 0 Å². The van der Waals surface area contributed by atoms with Crippen LogP contribution in [0.4, 0.5) is 0 Å². The minimum absolute atomic E-state index is 0.0181. The molecule has 1 fully saturated rings. The zero-order valence-electron chi connectivity index (χ0n) is 15.7. The third kappa shape index (κ3) is 4.18. The minimum Gasteiger partial charge on any atom is -0.351 e. The van der Waals surface area contributed by atoms with Gasteiger partial charge in [0.25, 0.3) is 5.91 Å². The van der Waals surface area contributed by atoms with Gasteiger partial charge in [0.2, 0.25) is 0 Å². The molecule has 2 aromatic rings. The Bertz CT molecular complexity index is 770. The molecule has 1 saturated heterocycles. The second kappa shape index (κ2) is 7.79. The van der Waals surface area contributed by atoms with Gasteiger partial charge in [-0.1, -0.05) is 6.92 Å². The van der Waals surface area contributed by atoms with E-state index in [0.29, 0.717) is 0 Å². The first kappa shape index (κ1) is 18.3. The van der Waals surface area contributed by atoms with Crippen molar-refractivity contribution in [3.05, 3.63) is 22.0 Å². The molecule has 1 atom stereocenters. The fourth-order valence-corrected chi connectivity index (χ4v) is 4.96. The molecule has 1 amide bonds. The first-order valence-electron chi connectivity index (χ1n) is 9.20. The topological polar surface area (TPSA) is 58.1 Å². The van der Waals surface area contributed by atoms with E-state index in [1.54, 1.807) is 0 Å². The Balaban J connectivity index is 1.57. The maximum Gasteiger partial charge on any atom is 0.261 e. The van der Waals surface area contributed by atoms with Crippen LogP contribution in [0.1, 0.15) is 52.9 Å². The summed E-state index contributed by atoms with van der Waals surface area (Å²) < 4.78 is 0. The molecular formula is C19H28N4OS. The third-order valence-corrected chi connectivity index (χ3v) is 6.15. The Hall–Kier alpha value is -1.53. The summed E-state index contributed by atoms with van der Waals surface area (Å²) in [5, 5.41) is 4.11. The lowest BCUT2D eigenvalue weighted by Gasteiger charge is -2.30. The molecule has 0 aliphatic carbocycles. The summed E-state index contributed by atoms with van der Waals surface area (Å²) in [5.41, 5.74) is 1.95. The van der Waals surface area contributed by atoms with Crippen molar-refractivity contribution in [3.63, 3.8) is 0 Å². The molecule has 3 heterocycles. The zero-order valence-corrected chi connectivity index (χ0v) is 16.5. The number of aromatic nitrogens is 2. The third-order valence-electron chi connectivity index (χ3n) is 4.97. The van der Waals surface area contributed by atoms with Crippen LogP contribution in [0.5, 0.6) is 0 Å². The highest BCUT2D eigenvalue weighted by Crippen LogP contribution is 2.31. The number of amides is 1. The monoisotopic (exact) mass is 360 g/mol. The molecule has 0 aromatic carbocycles. The maximum atomic E-state index is 12.6. The van der Waals surface area contributed by atoms with Gasteiger partial charge >= 0.3 is 0 Å². The maximum absolute atomic E-state index is 12.6. The number of piperidine rings is 1. The Morgan fingerprint density at radius 2 is 2.12 bits per heavy atom. The smallest absolute Gasteiger partial charge is 0.261 e. The lowest BCUT2D eigenvalue weighted by Crippen LogP contribution is -2.36. The fraction of sp³-hybridized carbons (Fsp3) is 0.632. The Morgan fingerprint density at radius 3 is 2.88 bits per heavy atom. The molecule has 0 radical (unpaired) electrons. The number of rotatable bonds is 5. The SMILES string of the molecule is Cc1nc(C)c2c(C)c(C(=O)NCCCN3CCCC(C)C3)sc2n1. The number of likely N-dealkylation sites (tertiary alicyclic amines) is 1. The van der Waals surface area contributed by atoms with E-state index in [4.69, 9.17) is 0 Å². The summed E-state index contributed by atoms with van der Waals surface area (Å²) in [6.45, 7) is 12.4. The van der Waals surface area contributed by atoms with Crippen LogP contribution < -0.4 is 5.32 Å². The van der Waals surface area contributed by atoms with Gasteiger partial charge in [0.05, 0.1) is 4.88 Å². The van der Waals surface area contributed by atoms with Crippen LogP contribution in [0, 0.1) is 26.7 Å². The van der Waals surface area contributed by atoms with Crippen molar-refractivity contribution in [2.75, 3.05) is 26.2 Å². The van der Waals surface area contributed by atoms with Crippen LogP contribution >= 0.6 is 11.3 Å². The highest BCUT2D eigenvalue weighted by atomic mass is 32.1. The lowest BCUT2D eigenvalue weighted by atomic mass is 10.0. The summed E-state index contributed by atoms with van der Waals surface area (Å²) in [6, 6.07) is 0. The average Bonchev–Trinajstić information content (AvgIpc) is 2.88. The van der Waals surface area contributed by atoms with E-state index in [-0.39, 0.29) is 5.91 Å². The van der Waals surface area contributed by atoms with Gasteiger partial charge < -0.3 is 10.2 Å². The summed E-state index contributed by atoms with van der Waals surface area (Å²) in [5.74, 6) is 1.58. The Morgan fingerprint density at radius 1 is 1.32 bits per heavy atom. The molecule has 1 aliphatic heterocycles. The molecular weight excluding hydrogens is 332 g/mol. The van der Waals surface area contributed by atoms with Crippen LogP contribution in [-0.4, -0.2) is 47.0 Å². The molecule has 1 N–H and O–H groups in total. The molecule has 2 aromatic heterocycles. The molecule has 1 unspecified atom stereocenters. The highest BCUT2D eigenvalue weighted by molar-refractivity contribution is 7.20. The van der Waals surface area contributed by atoms with Crippen LogP contribution in [0.2, 0.25) is 0 Å². The highest BCUT2D eigenvalue weighted by Gasteiger charge is 2.19.